The second-order valence-electron chi connectivity index (χ2n) is 6.91. The van der Waals surface area contributed by atoms with E-state index in [0.717, 1.165) is 15.4 Å². The molecule has 3 aromatic rings. The Bertz CT molecular complexity index is 1170. The van der Waals surface area contributed by atoms with Crippen molar-refractivity contribution in [1.82, 2.24) is 0 Å². The van der Waals surface area contributed by atoms with E-state index in [4.69, 9.17) is 4.74 Å². The molecule has 1 amide bonds. The van der Waals surface area contributed by atoms with E-state index < -0.39 is 22.5 Å². The second-order valence-corrected chi connectivity index (χ2v) is 9.56. The normalized spacial score (nSPS) is 11.2. The number of sulfonamides is 1. The summed E-state index contributed by atoms with van der Waals surface area (Å²) in [5.41, 5.74) is 2.84. The smallest absolute Gasteiger partial charge is 0.278 e. The average Bonchev–Trinajstić information content (AvgIpc) is 2.71. The van der Waals surface area contributed by atoms with Crippen LogP contribution >= 0.6 is 15.9 Å². The first kappa shape index (κ1) is 22.1. The maximum Gasteiger partial charge on any atom is 0.278 e. The third-order valence-corrected chi connectivity index (χ3v) is 7.17. The van der Waals surface area contributed by atoms with E-state index in [0.29, 0.717) is 21.5 Å². The molecule has 0 saturated heterocycles. The molecule has 30 heavy (non-hydrogen) atoms. The quantitative estimate of drug-likeness (QED) is 0.480. The highest BCUT2D eigenvalue weighted by atomic mass is 79.9. The number of hydrogen-bond donors (Lipinski definition) is 0. The van der Waals surface area contributed by atoms with E-state index in [1.54, 1.807) is 49.4 Å². The first-order valence-electron chi connectivity index (χ1n) is 9.30. The lowest BCUT2D eigenvalue weighted by molar-refractivity contribution is -0.119. The predicted octanol–water partition coefficient (Wildman–Crippen LogP) is 5.18. The van der Waals surface area contributed by atoms with E-state index in [9.17, 15) is 13.2 Å². The summed E-state index contributed by atoms with van der Waals surface area (Å²) in [7, 11) is -4.13. The van der Waals surface area contributed by atoms with Gasteiger partial charge in [-0.1, -0.05) is 42.0 Å². The molecule has 0 spiro atoms. The maximum atomic E-state index is 13.5. The molecular formula is C23H22BrNO4S. The van der Waals surface area contributed by atoms with E-state index in [-0.39, 0.29) is 4.90 Å². The fraction of sp³-hybridized carbons (Fsp3) is 0.174. The summed E-state index contributed by atoms with van der Waals surface area (Å²) in [6.45, 7) is 5.11. The number of aryl methyl sites for hydroxylation is 2. The molecule has 3 aromatic carbocycles. The Morgan fingerprint density at radius 1 is 0.933 bits per heavy atom. The zero-order valence-corrected chi connectivity index (χ0v) is 19.3. The Kier molecular flexibility index (Phi) is 6.63. The standard InChI is InChI=1S/C23H22BrNO4S/c1-16-11-13-19(14-12-16)30(27,28)25(21-9-6-7-17(2)18(21)3)23(26)15-29-22-10-5-4-8-20(22)24/h4-14H,15H2,1-3H3. The average molecular weight is 488 g/mol. The van der Waals surface area contributed by atoms with Crippen molar-refractivity contribution in [3.63, 3.8) is 0 Å². The zero-order chi connectivity index (χ0) is 21.9. The van der Waals surface area contributed by atoms with Crippen molar-refractivity contribution in [1.29, 1.82) is 0 Å². The van der Waals surface area contributed by atoms with Gasteiger partial charge in [-0.3, -0.25) is 4.79 Å². The lowest BCUT2D eigenvalue weighted by Crippen LogP contribution is -2.40. The van der Waals surface area contributed by atoms with Gasteiger partial charge in [0.2, 0.25) is 0 Å². The largest absolute Gasteiger partial charge is 0.483 e. The van der Waals surface area contributed by atoms with Gasteiger partial charge in [-0.2, -0.15) is 4.31 Å². The summed E-state index contributed by atoms with van der Waals surface area (Å²) in [6, 6.07) is 18.7. The van der Waals surface area contributed by atoms with Crippen LogP contribution < -0.4 is 9.04 Å². The fourth-order valence-electron chi connectivity index (χ4n) is 2.93. The number of para-hydroxylation sites is 1. The Balaban J connectivity index is 2.03. The molecule has 0 aliphatic heterocycles. The summed E-state index contributed by atoms with van der Waals surface area (Å²) in [4.78, 5) is 13.2. The molecule has 0 N–H and O–H groups in total. The minimum Gasteiger partial charge on any atom is -0.483 e. The van der Waals surface area contributed by atoms with Crippen LogP contribution in [-0.4, -0.2) is 20.9 Å². The van der Waals surface area contributed by atoms with Crippen molar-refractivity contribution in [2.24, 2.45) is 0 Å². The first-order valence-corrected chi connectivity index (χ1v) is 11.5. The highest BCUT2D eigenvalue weighted by Crippen LogP contribution is 2.30. The molecular weight excluding hydrogens is 466 g/mol. The Labute approximate surface area is 185 Å². The van der Waals surface area contributed by atoms with E-state index >= 15 is 0 Å². The van der Waals surface area contributed by atoms with Crippen molar-refractivity contribution in [3.05, 3.63) is 87.9 Å². The summed E-state index contributed by atoms with van der Waals surface area (Å²) < 4.78 is 34.1. The van der Waals surface area contributed by atoms with Gasteiger partial charge in [0.05, 0.1) is 15.1 Å². The molecule has 7 heteroatoms. The van der Waals surface area contributed by atoms with Crippen molar-refractivity contribution >= 4 is 37.5 Å². The third kappa shape index (κ3) is 4.57. The molecule has 0 bridgehead atoms. The molecule has 156 valence electrons. The van der Waals surface area contributed by atoms with Crippen LogP contribution in [0.15, 0.2) is 76.1 Å². The summed E-state index contributed by atoms with van der Waals surface area (Å²) in [5, 5.41) is 0. The summed E-state index contributed by atoms with van der Waals surface area (Å²) in [5.74, 6) is -0.223. The van der Waals surface area contributed by atoms with Gasteiger partial charge in [-0.25, -0.2) is 8.42 Å². The molecule has 0 aromatic heterocycles. The van der Waals surface area contributed by atoms with Gasteiger partial charge in [-0.05, 0) is 78.2 Å². The fourth-order valence-corrected chi connectivity index (χ4v) is 4.80. The molecule has 0 heterocycles. The molecule has 0 aliphatic carbocycles. The number of halogens is 1. The molecule has 0 saturated carbocycles. The van der Waals surface area contributed by atoms with E-state index in [1.807, 2.05) is 26.0 Å². The highest BCUT2D eigenvalue weighted by molar-refractivity contribution is 9.10. The third-order valence-electron chi connectivity index (χ3n) is 4.77. The van der Waals surface area contributed by atoms with Gasteiger partial charge in [-0.15, -0.1) is 0 Å². The van der Waals surface area contributed by atoms with Crippen LogP contribution in [0.4, 0.5) is 5.69 Å². The van der Waals surface area contributed by atoms with E-state index in [2.05, 4.69) is 15.9 Å². The van der Waals surface area contributed by atoms with Crippen LogP contribution in [-0.2, 0) is 14.8 Å². The molecule has 0 unspecified atom stereocenters. The topological polar surface area (TPSA) is 63.7 Å². The van der Waals surface area contributed by atoms with Gasteiger partial charge < -0.3 is 4.74 Å². The minimum absolute atomic E-state index is 0.0447. The number of amides is 1. The Hall–Kier alpha value is -2.64. The monoisotopic (exact) mass is 487 g/mol. The summed E-state index contributed by atoms with van der Waals surface area (Å²) in [6.07, 6.45) is 0. The minimum atomic E-state index is -4.13. The van der Waals surface area contributed by atoms with Crippen LogP contribution in [0.2, 0.25) is 0 Å². The van der Waals surface area contributed by atoms with Crippen LogP contribution in [0.25, 0.3) is 0 Å². The van der Waals surface area contributed by atoms with Crippen molar-refractivity contribution in [3.8, 4) is 5.75 Å². The van der Waals surface area contributed by atoms with Crippen molar-refractivity contribution in [2.45, 2.75) is 25.7 Å². The number of benzene rings is 3. The van der Waals surface area contributed by atoms with Gasteiger partial charge in [0.15, 0.2) is 6.61 Å². The van der Waals surface area contributed by atoms with Gasteiger partial charge in [0, 0.05) is 0 Å². The van der Waals surface area contributed by atoms with Crippen LogP contribution in [0.3, 0.4) is 0 Å². The summed E-state index contributed by atoms with van der Waals surface area (Å²) >= 11 is 3.36. The number of hydrogen-bond acceptors (Lipinski definition) is 4. The molecule has 0 fully saturated rings. The molecule has 0 radical (unpaired) electrons. The second kappa shape index (κ2) is 9.02. The number of carbonyl (C=O) groups excluding carboxylic acids is 1. The Morgan fingerprint density at radius 2 is 1.60 bits per heavy atom. The molecule has 0 aliphatic rings. The maximum absolute atomic E-state index is 13.5. The van der Waals surface area contributed by atoms with Crippen LogP contribution in [0.5, 0.6) is 5.75 Å². The van der Waals surface area contributed by atoms with Crippen molar-refractivity contribution < 1.29 is 17.9 Å². The van der Waals surface area contributed by atoms with Crippen LogP contribution in [0.1, 0.15) is 16.7 Å². The van der Waals surface area contributed by atoms with Crippen molar-refractivity contribution in [2.75, 3.05) is 10.9 Å². The lowest BCUT2D eigenvalue weighted by Gasteiger charge is -2.25. The number of ether oxygens (including phenoxy) is 1. The molecule has 5 nitrogen and oxygen atoms in total. The predicted molar refractivity (Wildman–Crippen MR) is 121 cm³/mol. The molecule has 0 atom stereocenters. The molecule has 3 rings (SSSR count). The van der Waals surface area contributed by atoms with Gasteiger partial charge >= 0.3 is 0 Å². The number of nitrogens with zero attached hydrogens (tertiary/aromatic N) is 1. The number of carbonyl (C=O) groups is 1. The zero-order valence-electron chi connectivity index (χ0n) is 16.9. The van der Waals surface area contributed by atoms with E-state index in [1.165, 1.54) is 12.1 Å². The first-order chi connectivity index (χ1) is 14.2. The number of anilines is 1. The Morgan fingerprint density at radius 3 is 2.27 bits per heavy atom. The highest BCUT2D eigenvalue weighted by Gasteiger charge is 2.32. The SMILES string of the molecule is Cc1ccc(S(=O)(=O)N(C(=O)COc2ccccc2Br)c2cccc(C)c2C)cc1. The van der Waals surface area contributed by atoms with Crippen LogP contribution in [0, 0.1) is 20.8 Å². The number of rotatable bonds is 6. The van der Waals surface area contributed by atoms with Gasteiger partial charge in [0.1, 0.15) is 5.75 Å². The van der Waals surface area contributed by atoms with Gasteiger partial charge in [0.25, 0.3) is 15.9 Å². The lowest BCUT2D eigenvalue weighted by atomic mass is 10.1.